The average Bonchev–Trinajstić information content (AvgIpc) is 2.23. The van der Waals surface area contributed by atoms with Crippen LogP contribution in [0.25, 0.3) is 0 Å². The van der Waals surface area contributed by atoms with Crippen molar-refractivity contribution in [3.8, 4) is 0 Å². The molecule has 74 valence electrons. The van der Waals surface area contributed by atoms with E-state index in [1.807, 2.05) is 30.3 Å². The lowest BCUT2D eigenvalue weighted by molar-refractivity contribution is -0.135. The quantitative estimate of drug-likeness (QED) is 0.535. The highest BCUT2D eigenvalue weighted by atomic mass is 16.2. The molecule has 1 unspecified atom stereocenters. The summed E-state index contributed by atoms with van der Waals surface area (Å²) >= 11 is 0. The van der Waals surface area contributed by atoms with E-state index in [1.54, 1.807) is 0 Å². The summed E-state index contributed by atoms with van der Waals surface area (Å²) in [7, 11) is 0. The number of nitrogens with two attached hydrogens (primary N) is 1. The van der Waals surface area contributed by atoms with Gasteiger partial charge >= 0.3 is 0 Å². The summed E-state index contributed by atoms with van der Waals surface area (Å²) in [6.45, 7) is 0.683. The van der Waals surface area contributed by atoms with Gasteiger partial charge in [0, 0.05) is 6.54 Å². The summed E-state index contributed by atoms with van der Waals surface area (Å²) in [5, 5.41) is 1.33. The lowest BCUT2D eigenvalue weighted by Gasteiger charge is -2.28. The second-order valence-corrected chi connectivity index (χ2v) is 3.64. The molecule has 0 aromatic heterocycles. The number of amides is 1. The van der Waals surface area contributed by atoms with Gasteiger partial charge in [-0.25, -0.2) is 5.84 Å². The van der Waals surface area contributed by atoms with Crippen molar-refractivity contribution in [3.05, 3.63) is 35.9 Å². The zero-order valence-corrected chi connectivity index (χ0v) is 8.02. The summed E-state index contributed by atoms with van der Waals surface area (Å²) in [5.74, 6) is 5.60. The Morgan fingerprint density at radius 2 is 2.00 bits per heavy atom. The molecule has 2 N–H and O–H groups in total. The fraction of sp³-hybridized carbons (Fsp3) is 0.364. The molecule has 1 atom stereocenters. The van der Waals surface area contributed by atoms with Crippen LogP contribution in [0.1, 0.15) is 24.3 Å². The van der Waals surface area contributed by atoms with Gasteiger partial charge in [-0.15, -0.1) is 0 Å². The van der Waals surface area contributed by atoms with Gasteiger partial charge in [0.05, 0.1) is 5.92 Å². The van der Waals surface area contributed by atoms with E-state index in [2.05, 4.69) is 0 Å². The van der Waals surface area contributed by atoms with E-state index in [-0.39, 0.29) is 11.8 Å². The molecule has 14 heavy (non-hydrogen) atoms. The molecule has 1 aromatic carbocycles. The van der Waals surface area contributed by atoms with Crippen LogP contribution >= 0.6 is 0 Å². The Morgan fingerprint density at radius 1 is 1.29 bits per heavy atom. The summed E-state index contributed by atoms with van der Waals surface area (Å²) in [5.41, 5.74) is 1.08. The van der Waals surface area contributed by atoms with Gasteiger partial charge in [-0.05, 0) is 18.4 Å². The predicted octanol–water partition coefficient (Wildman–Crippen LogP) is 1.27. The van der Waals surface area contributed by atoms with E-state index in [0.717, 1.165) is 18.4 Å². The second-order valence-electron chi connectivity index (χ2n) is 3.64. The van der Waals surface area contributed by atoms with Crippen molar-refractivity contribution in [2.24, 2.45) is 5.84 Å². The van der Waals surface area contributed by atoms with E-state index in [4.69, 9.17) is 5.84 Å². The molecular weight excluding hydrogens is 176 g/mol. The molecule has 1 aromatic rings. The van der Waals surface area contributed by atoms with Crippen molar-refractivity contribution in [2.75, 3.05) is 6.54 Å². The van der Waals surface area contributed by atoms with Gasteiger partial charge in [-0.1, -0.05) is 30.3 Å². The maximum Gasteiger partial charge on any atom is 0.243 e. The minimum absolute atomic E-state index is 0.0325. The average molecular weight is 190 g/mol. The largest absolute Gasteiger partial charge is 0.280 e. The minimum Gasteiger partial charge on any atom is -0.280 e. The van der Waals surface area contributed by atoms with E-state index in [0.29, 0.717) is 6.54 Å². The van der Waals surface area contributed by atoms with Crippen molar-refractivity contribution >= 4 is 5.91 Å². The number of rotatable bonds is 1. The van der Waals surface area contributed by atoms with Gasteiger partial charge in [0.15, 0.2) is 0 Å². The van der Waals surface area contributed by atoms with Crippen molar-refractivity contribution in [2.45, 2.75) is 18.8 Å². The van der Waals surface area contributed by atoms with Gasteiger partial charge < -0.3 is 0 Å². The molecule has 1 heterocycles. The second kappa shape index (κ2) is 3.80. The maximum atomic E-state index is 11.7. The molecule has 0 saturated carbocycles. The number of carbonyl (C=O) groups excluding carboxylic acids is 1. The minimum atomic E-state index is -0.0325. The van der Waals surface area contributed by atoms with Crippen LogP contribution in [0.4, 0.5) is 0 Å². The van der Waals surface area contributed by atoms with Gasteiger partial charge in [0.2, 0.25) is 5.91 Å². The number of nitrogens with zero attached hydrogens (tertiary/aromatic N) is 1. The van der Waals surface area contributed by atoms with Crippen LogP contribution in [0.15, 0.2) is 30.3 Å². The fourth-order valence-corrected chi connectivity index (χ4v) is 1.89. The van der Waals surface area contributed by atoms with E-state index in [1.165, 1.54) is 5.01 Å². The molecule has 1 fully saturated rings. The standard InChI is InChI=1S/C11H14N2O/c12-13-8-4-7-10(11(13)14)9-5-2-1-3-6-9/h1-3,5-6,10H,4,7-8,12H2. The summed E-state index contributed by atoms with van der Waals surface area (Å²) in [6, 6.07) is 9.84. The Labute approximate surface area is 83.5 Å². The first-order valence-corrected chi connectivity index (χ1v) is 4.90. The zero-order valence-electron chi connectivity index (χ0n) is 8.02. The fourth-order valence-electron chi connectivity index (χ4n) is 1.89. The molecule has 0 aliphatic carbocycles. The molecule has 2 rings (SSSR count). The highest BCUT2D eigenvalue weighted by Gasteiger charge is 2.27. The monoisotopic (exact) mass is 190 g/mol. The number of hydrogen-bond donors (Lipinski definition) is 1. The van der Waals surface area contributed by atoms with Gasteiger partial charge in [-0.3, -0.25) is 9.80 Å². The molecule has 1 aliphatic rings. The first-order chi connectivity index (χ1) is 6.79. The third-order valence-electron chi connectivity index (χ3n) is 2.67. The van der Waals surface area contributed by atoms with Crippen LogP contribution in [0, 0.1) is 0 Å². The normalized spacial score (nSPS) is 22.5. The molecule has 1 aliphatic heterocycles. The van der Waals surface area contributed by atoms with Crippen LogP contribution < -0.4 is 5.84 Å². The molecular formula is C11H14N2O. The summed E-state index contributed by atoms with van der Waals surface area (Å²) < 4.78 is 0. The molecule has 1 saturated heterocycles. The number of benzene rings is 1. The molecule has 0 radical (unpaired) electrons. The van der Waals surface area contributed by atoms with Crippen LogP contribution in [0.5, 0.6) is 0 Å². The molecule has 3 heteroatoms. The Bertz CT molecular complexity index is 323. The lowest BCUT2D eigenvalue weighted by Crippen LogP contribution is -2.44. The number of carbonyl (C=O) groups is 1. The number of piperidine rings is 1. The van der Waals surface area contributed by atoms with Crippen LogP contribution in [-0.2, 0) is 4.79 Å². The van der Waals surface area contributed by atoms with Gasteiger partial charge in [0.25, 0.3) is 0 Å². The highest BCUT2D eigenvalue weighted by Crippen LogP contribution is 2.26. The Morgan fingerprint density at radius 3 is 2.71 bits per heavy atom. The lowest BCUT2D eigenvalue weighted by atomic mass is 9.91. The van der Waals surface area contributed by atoms with Gasteiger partial charge in [-0.2, -0.15) is 0 Å². The molecule has 0 spiro atoms. The first-order valence-electron chi connectivity index (χ1n) is 4.90. The van der Waals surface area contributed by atoms with Gasteiger partial charge in [0.1, 0.15) is 0 Å². The molecule has 3 nitrogen and oxygen atoms in total. The summed E-state index contributed by atoms with van der Waals surface area (Å²) in [4.78, 5) is 11.7. The molecule has 0 bridgehead atoms. The maximum absolute atomic E-state index is 11.7. The highest BCUT2D eigenvalue weighted by molar-refractivity contribution is 5.83. The number of hydrogen-bond acceptors (Lipinski definition) is 2. The van der Waals surface area contributed by atoms with Crippen LogP contribution in [0.3, 0.4) is 0 Å². The predicted molar refractivity (Wildman–Crippen MR) is 54.3 cm³/mol. The summed E-state index contributed by atoms with van der Waals surface area (Å²) in [6.07, 6.45) is 1.90. The number of hydrazine groups is 1. The van der Waals surface area contributed by atoms with E-state index in [9.17, 15) is 4.79 Å². The smallest absolute Gasteiger partial charge is 0.243 e. The third-order valence-corrected chi connectivity index (χ3v) is 2.67. The zero-order chi connectivity index (χ0) is 9.97. The van der Waals surface area contributed by atoms with Crippen molar-refractivity contribution < 1.29 is 4.79 Å². The van der Waals surface area contributed by atoms with Crippen LogP contribution in [0.2, 0.25) is 0 Å². The Kier molecular flexibility index (Phi) is 2.50. The van der Waals surface area contributed by atoms with Crippen LogP contribution in [-0.4, -0.2) is 17.5 Å². The van der Waals surface area contributed by atoms with Crippen molar-refractivity contribution in [3.63, 3.8) is 0 Å². The Hall–Kier alpha value is -1.35. The van der Waals surface area contributed by atoms with Crippen molar-refractivity contribution in [1.29, 1.82) is 0 Å². The SMILES string of the molecule is NN1CCCC(c2ccccc2)C1=O. The Balaban J connectivity index is 2.22. The molecule has 1 amide bonds. The first kappa shape index (κ1) is 9.21. The topological polar surface area (TPSA) is 46.3 Å². The van der Waals surface area contributed by atoms with E-state index < -0.39 is 0 Å². The van der Waals surface area contributed by atoms with Crippen molar-refractivity contribution in [1.82, 2.24) is 5.01 Å². The third kappa shape index (κ3) is 1.63. The van der Waals surface area contributed by atoms with E-state index >= 15 is 0 Å².